The molecule has 0 amide bonds. The third-order valence-electron chi connectivity index (χ3n) is 3.29. The first-order valence-corrected chi connectivity index (χ1v) is 6.64. The molecule has 106 valence electrons. The second-order valence-electron chi connectivity index (χ2n) is 4.73. The lowest BCUT2D eigenvalue weighted by atomic mass is 10.2. The average Bonchev–Trinajstić information content (AvgIpc) is 2.92. The predicted octanol–water partition coefficient (Wildman–Crippen LogP) is 0.537. The number of hydrogen-bond donors (Lipinski definition) is 0. The Morgan fingerprint density at radius 2 is 2.42 bits per heavy atom. The van der Waals surface area contributed by atoms with Crippen molar-refractivity contribution in [3.63, 3.8) is 0 Å². The first-order chi connectivity index (χ1) is 9.28. The van der Waals surface area contributed by atoms with Crippen LogP contribution in [0.3, 0.4) is 0 Å². The quantitative estimate of drug-likeness (QED) is 0.704. The maximum atomic E-state index is 11.2. The van der Waals surface area contributed by atoms with Gasteiger partial charge in [-0.25, -0.2) is 4.98 Å². The van der Waals surface area contributed by atoms with Gasteiger partial charge < -0.3 is 14.0 Å². The minimum absolute atomic E-state index is 0.0329. The van der Waals surface area contributed by atoms with Crippen LogP contribution in [-0.4, -0.2) is 59.9 Å². The Morgan fingerprint density at radius 3 is 3.16 bits per heavy atom. The van der Waals surface area contributed by atoms with E-state index in [1.807, 2.05) is 12.5 Å². The predicted molar refractivity (Wildman–Crippen MR) is 69.7 cm³/mol. The highest BCUT2D eigenvalue weighted by atomic mass is 16.5. The van der Waals surface area contributed by atoms with Gasteiger partial charge in [0.1, 0.15) is 0 Å². The van der Waals surface area contributed by atoms with E-state index in [9.17, 15) is 4.79 Å². The molecule has 1 atom stereocenters. The van der Waals surface area contributed by atoms with Gasteiger partial charge in [0.15, 0.2) is 0 Å². The van der Waals surface area contributed by atoms with E-state index in [1.165, 1.54) is 7.11 Å². The summed E-state index contributed by atoms with van der Waals surface area (Å²) in [6.45, 7) is 4.41. The summed E-state index contributed by atoms with van der Waals surface area (Å²) in [6, 6.07) is 0. The molecule has 2 rings (SSSR count). The van der Waals surface area contributed by atoms with Crippen LogP contribution in [0.2, 0.25) is 0 Å². The van der Waals surface area contributed by atoms with Gasteiger partial charge in [0.05, 0.1) is 32.6 Å². The van der Waals surface area contributed by atoms with E-state index in [0.29, 0.717) is 13.0 Å². The van der Waals surface area contributed by atoms with Crippen molar-refractivity contribution in [3.05, 3.63) is 18.7 Å². The number of nitrogens with zero attached hydrogens (tertiary/aromatic N) is 3. The fourth-order valence-electron chi connectivity index (χ4n) is 2.27. The van der Waals surface area contributed by atoms with Crippen LogP contribution in [0.5, 0.6) is 0 Å². The van der Waals surface area contributed by atoms with Crippen molar-refractivity contribution >= 4 is 5.97 Å². The number of carbonyl (C=O) groups excluding carboxylic acids is 1. The third kappa shape index (κ3) is 4.65. The van der Waals surface area contributed by atoms with Crippen LogP contribution in [0.4, 0.5) is 0 Å². The second kappa shape index (κ2) is 7.25. The van der Waals surface area contributed by atoms with E-state index >= 15 is 0 Å². The number of aromatic nitrogens is 2. The van der Waals surface area contributed by atoms with E-state index in [0.717, 1.165) is 32.6 Å². The fourth-order valence-corrected chi connectivity index (χ4v) is 2.27. The zero-order chi connectivity index (χ0) is 13.5. The van der Waals surface area contributed by atoms with Crippen LogP contribution in [0.1, 0.15) is 12.8 Å². The van der Waals surface area contributed by atoms with E-state index in [1.54, 1.807) is 6.20 Å². The zero-order valence-electron chi connectivity index (χ0n) is 11.3. The highest BCUT2D eigenvalue weighted by Gasteiger charge is 2.22. The summed E-state index contributed by atoms with van der Waals surface area (Å²) in [7, 11) is 1.41. The minimum Gasteiger partial charge on any atom is -0.469 e. The van der Waals surface area contributed by atoms with Gasteiger partial charge in [0.2, 0.25) is 0 Å². The topological polar surface area (TPSA) is 56.6 Å². The Bertz CT molecular complexity index is 380. The van der Waals surface area contributed by atoms with Crippen molar-refractivity contribution in [3.8, 4) is 0 Å². The summed E-state index contributed by atoms with van der Waals surface area (Å²) < 4.78 is 12.3. The van der Waals surface area contributed by atoms with Gasteiger partial charge in [-0.3, -0.25) is 9.69 Å². The maximum Gasteiger partial charge on any atom is 0.308 e. The average molecular weight is 267 g/mol. The standard InChI is InChI=1S/C13H21N3O3/c1-18-13(17)9-12-10-15(7-8-19-12)4-2-5-16-6-3-14-11-16/h3,6,11-12H,2,4-5,7-10H2,1H3. The van der Waals surface area contributed by atoms with Crippen LogP contribution in [0.25, 0.3) is 0 Å². The van der Waals surface area contributed by atoms with Crippen LogP contribution in [0, 0.1) is 0 Å². The van der Waals surface area contributed by atoms with Crippen molar-refractivity contribution in [2.24, 2.45) is 0 Å². The fraction of sp³-hybridized carbons (Fsp3) is 0.692. The number of morpholine rings is 1. The summed E-state index contributed by atoms with van der Waals surface area (Å²) in [5.41, 5.74) is 0. The first kappa shape index (κ1) is 14.0. The molecule has 1 saturated heterocycles. The second-order valence-corrected chi connectivity index (χ2v) is 4.73. The molecule has 1 aliphatic rings. The molecule has 1 aromatic heterocycles. The molecule has 0 saturated carbocycles. The lowest BCUT2D eigenvalue weighted by Gasteiger charge is -2.32. The van der Waals surface area contributed by atoms with Gasteiger partial charge in [0, 0.05) is 38.6 Å². The van der Waals surface area contributed by atoms with E-state index in [-0.39, 0.29) is 12.1 Å². The summed E-state index contributed by atoms with van der Waals surface area (Å²) >= 11 is 0. The van der Waals surface area contributed by atoms with Gasteiger partial charge >= 0.3 is 5.97 Å². The third-order valence-corrected chi connectivity index (χ3v) is 3.29. The van der Waals surface area contributed by atoms with Crippen LogP contribution in [-0.2, 0) is 20.8 Å². The van der Waals surface area contributed by atoms with Crippen molar-refractivity contribution in [1.29, 1.82) is 0 Å². The number of esters is 1. The molecular weight excluding hydrogens is 246 g/mol. The first-order valence-electron chi connectivity index (χ1n) is 6.64. The zero-order valence-corrected chi connectivity index (χ0v) is 11.3. The molecule has 1 unspecified atom stereocenters. The number of carbonyl (C=O) groups is 1. The molecular formula is C13H21N3O3. The maximum absolute atomic E-state index is 11.2. The normalized spacial score (nSPS) is 20.4. The van der Waals surface area contributed by atoms with Gasteiger partial charge in [-0.1, -0.05) is 0 Å². The van der Waals surface area contributed by atoms with Crippen LogP contribution >= 0.6 is 0 Å². The molecule has 1 fully saturated rings. The highest BCUT2D eigenvalue weighted by Crippen LogP contribution is 2.10. The number of methoxy groups -OCH3 is 1. The molecule has 6 nitrogen and oxygen atoms in total. The Morgan fingerprint density at radius 1 is 1.53 bits per heavy atom. The van der Waals surface area contributed by atoms with Gasteiger partial charge in [-0.15, -0.1) is 0 Å². The summed E-state index contributed by atoms with van der Waals surface area (Å²) in [6.07, 6.45) is 6.98. The lowest BCUT2D eigenvalue weighted by molar-refractivity contribution is -0.145. The van der Waals surface area contributed by atoms with Crippen molar-refractivity contribution < 1.29 is 14.3 Å². The van der Waals surface area contributed by atoms with Gasteiger partial charge in [0.25, 0.3) is 0 Å². The summed E-state index contributed by atoms with van der Waals surface area (Å²) in [5.74, 6) is -0.203. The lowest BCUT2D eigenvalue weighted by Crippen LogP contribution is -2.43. The van der Waals surface area contributed by atoms with E-state index < -0.39 is 0 Å². The van der Waals surface area contributed by atoms with Crippen LogP contribution < -0.4 is 0 Å². The Labute approximate surface area is 113 Å². The Hall–Kier alpha value is -1.40. The number of imidazole rings is 1. The summed E-state index contributed by atoms with van der Waals surface area (Å²) in [5, 5.41) is 0. The monoisotopic (exact) mass is 267 g/mol. The molecule has 0 bridgehead atoms. The van der Waals surface area contributed by atoms with E-state index in [2.05, 4.69) is 19.2 Å². The van der Waals surface area contributed by atoms with Crippen LogP contribution in [0.15, 0.2) is 18.7 Å². The number of aryl methyl sites for hydroxylation is 1. The summed E-state index contributed by atoms with van der Waals surface area (Å²) in [4.78, 5) is 17.6. The molecule has 0 spiro atoms. The molecule has 0 radical (unpaired) electrons. The molecule has 2 heterocycles. The number of ether oxygens (including phenoxy) is 2. The molecule has 1 aromatic rings. The SMILES string of the molecule is COC(=O)CC1CN(CCCn2ccnc2)CCO1. The largest absolute Gasteiger partial charge is 0.469 e. The van der Waals surface area contributed by atoms with Gasteiger partial charge in [-0.2, -0.15) is 0 Å². The highest BCUT2D eigenvalue weighted by molar-refractivity contribution is 5.69. The number of hydrogen-bond acceptors (Lipinski definition) is 5. The van der Waals surface area contributed by atoms with Crippen molar-refractivity contribution in [1.82, 2.24) is 14.5 Å². The van der Waals surface area contributed by atoms with Crippen molar-refractivity contribution in [2.75, 3.05) is 33.4 Å². The molecule has 6 heteroatoms. The van der Waals surface area contributed by atoms with Crippen molar-refractivity contribution in [2.45, 2.75) is 25.5 Å². The number of rotatable bonds is 6. The molecule has 0 aromatic carbocycles. The Balaban J connectivity index is 1.67. The minimum atomic E-state index is -0.203. The van der Waals surface area contributed by atoms with E-state index in [4.69, 9.17) is 4.74 Å². The smallest absolute Gasteiger partial charge is 0.308 e. The van der Waals surface area contributed by atoms with Gasteiger partial charge in [-0.05, 0) is 6.42 Å². The molecule has 0 aliphatic carbocycles. The molecule has 1 aliphatic heterocycles. The Kier molecular flexibility index (Phi) is 5.35. The molecule has 19 heavy (non-hydrogen) atoms. The molecule has 0 N–H and O–H groups in total.